The summed E-state index contributed by atoms with van der Waals surface area (Å²) >= 11 is 0. The normalized spacial score (nSPS) is 18.4. The van der Waals surface area contributed by atoms with Crippen LogP contribution in [0.2, 0.25) is 0 Å². The van der Waals surface area contributed by atoms with E-state index in [0.29, 0.717) is 0 Å². The van der Waals surface area contributed by atoms with Crippen molar-refractivity contribution in [2.24, 2.45) is 0 Å². The van der Waals surface area contributed by atoms with Crippen molar-refractivity contribution in [2.75, 3.05) is 5.32 Å². The van der Waals surface area contributed by atoms with Gasteiger partial charge < -0.3 is 10.6 Å². The molecule has 0 amide bonds. The number of fused-ring (bicyclic) bond motifs is 6. The van der Waals surface area contributed by atoms with Crippen LogP contribution in [0.1, 0.15) is 79.6 Å². The molecule has 0 bridgehead atoms. The lowest BCUT2D eigenvalue weighted by Gasteiger charge is -2.52. The van der Waals surface area contributed by atoms with Crippen molar-refractivity contribution >= 4 is 39.0 Å². The highest BCUT2D eigenvalue weighted by molar-refractivity contribution is 6.16. The van der Waals surface area contributed by atoms with E-state index in [1.54, 1.807) is 0 Å². The Bertz CT molecular complexity index is 4590. The quantitative estimate of drug-likeness (QED) is 0.143. The standard InChI is InChI=1S/C80H60N2/c1-53-21-17-27-59(49-53)77(80(58-25-7-4-8-26-58)71-38-15-11-34-66(71)67-35-12-16-39-72(67)80)47-20-31-63(52-77)82-78(60-28-18-22-54(2)50-60)48-46-56-40-43-68-74(45-42-55-41-44-73(78)76(56)75(55)68)81-62-30-19-29-61(51-62)79(57-23-5-3-6-24-57)69-36-13-9-32-64(69)65-33-10-14-37-70(65)79/h3-47,49-51,81-82H,48,52H2,1-2H3. The van der Waals surface area contributed by atoms with Gasteiger partial charge in [0, 0.05) is 34.3 Å². The number of nitrogens with one attached hydrogen (secondary N) is 2. The molecule has 2 atom stereocenters. The Balaban J connectivity index is 0.852. The van der Waals surface area contributed by atoms with Gasteiger partial charge in [0.2, 0.25) is 0 Å². The van der Waals surface area contributed by atoms with Crippen LogP contribution in [-0.4, -0.2) is 0 Å². The maximum Gasteiger partial charge on any atom is 0.0918 e. The number of allylic oxidation sites excluding steroid dienone is 4. The number of aryl methyl sites for hydroxylation is 2. The number of benzene rings is 12. The molecule has 0 heterocycles. The smallest absolute Gasteiger partial charge is 0.0918 e. The summed E-state index contributed by atoms with van der Waals surface area (Å²) < 4.78 is 0. The third kappa shape index (κ3) is 6.76. The molecule has 12 aromatic rings. The molecule has 0 spiro atoms. The first-order valence-corrected chi connectivity index (χ1v) is 29.1. The van der Waals surface area contributed by atoms with Gasteiger partial charge in [0.25, 0.3) is 0 Å². The molecule has 4 aliphatic carbocycles. The van der Waals surface area contributed by atoms with Crippen LogP contribution in [-0.2, 0) is 21.8 Å². The van der Waals surface area contributed by atoms with E-state index >= 15 is 0 Å². The Hall–Kier alpha value is -9.76. The minimum atomic E-state index is -0.611. The van der Waals surface area contributed by atoms with Crippen LogP contribution >= 0.6 is 0 Å². The number of rotatable bonds is 10. The van der Waals surface area contributed by atoms with E-state index < -0.39 is 21.8 Å². The molecule has 2 heteroatoms. The fourth-order valence-corrected chi connectivity index (χ4v) is 15.9. The minimum absolute atomic E-state index is 0.494. The number of hydrogen-bond acceptors (Lipinski definition) is 2. The minimum Gasteiger partial charge on any atom is -0.375 e. The zero-order chi connectivity index (χ0) is 54.6. The van der Waals surface area contributed by atoms with Crippen LogP contribution in [0.4, 0.5) is 11.4 Å². The third-order valence-electron chi connectivity index (χ3n) is 19.2. The molecular weight excluding hydrogens is 989 g/mol. The van der Waals surface area contributed by atoms with Crippen LogP contribution < -0.4 is 15.9 Å². The fourth-order valence-electron chi connectivity index (χ4n) is 15.9. The summed E-state index contributed by atoms with van der Waals surface area (Å²) in [6.07, 6.45) is 11.3. The summed E-state index contributed by atoms with van der Waals surface area (Å²) in [4.78, 5) is 0. The first-order chi connectivity index (χ1) is 40.4. The monoisotopic (exact) mass is 1050 g/mol. The molecule has 12 aromatic carbocycles. The van der Waals surface area contributed by atoms with E-state index in [0.717, 1.165) is 24.2 Å². The maximum atomic E-state index is 4.52. The van der Waals surface area contributed by atoms with Gasteiger partial charge >= 0.3 is 0 Å². The van der Waals surface area contributed by atoms with Crippen molar-refractivity contribution in [2.45, 2.75) is 48.5 Å². The Morgan fingerprint density at radius 1 is 0.402 bits per heavy atom. The second kappa shape index (κ2) is 18.4. The molecule has 4 aliphatic rings. The predicted octanol–water partition coefficient (Wildman–Crippen LogP) is 18.2. The van der Waals surface area contributed by atoms with Crippen LogP contribution in [0, 0.1) is 13.8 Å². The maximum absolute atomic E-state index is 4.52. The zero-order valence-corrected chi connectivity index (χ0v) is 46.1. The van der Waals surface area contributed by atoms with E-state index in [-0.39, 0.29) is 0 Å². The van der Waals surface area contributed by atoms with Crippen LogP contribution in [0.5, 0.6) is 0 Å². The molecule has 2 unspecified atom stereocenters. The van der Waals surface area contributed by atoms with Crippen molar-refractivity contribution < 1.29 is 0 Å². The van der Waals surface area contributed by atoms with E-state index in [2.05, 4.69) is 316 Å². The molecule has 16 rings (SSSR count). The molecule has 0 aliphatic heterocycles. The summed E-state index contributed by atoms with van der Waals surface area (Å²) in [7, 11) is 0. The molecular formula is C80H60N2. The summed E-state index contributed by atoms with van der Waals surface area (Å²) in [5.74, 6) is 0. The average Bonchev–Trinajstić information content (AvgIpc) is 2.35. The van der Waals surface area contributed by atoms with Crippen molar-refractivity contribution in [3.05, 3.63) is 363 Å². The molecule has 0 fully saturated rings. The molecule has 0 radical (unpaired) electrons. The topological polar surface area (TPSA) is 24.1 Å². The predicted molar refractivity (Wildman–Crippen MR) is 341 cm³/mol. The highest BCUT2D eigenvalue weighted by atomic mass is 15.0. The molecule has 0 aromatic heterocycles. The van der Waals surface area contributed by atoms with Crippen molar-refractivity contribution in [1.82, 2.24) is 5.32 Å². The van der Waals surface area contributed by atoms with Gasteiger partial charge in [-0.1, -0.05) is 278 Å². The Morgan fingerprint density at radius 3 is 1.62 bits per heavy atom. The average molecular weight is 1050 g/mol. The second-order valence-corrected chi connectivity index (χ2v) is 23.4. The summed E-state index contributed by atoms with van der Waals surface area (Å²) in [6.45, 7) is 4.47. The largest absolute Gasteiger partial charge is 0.375 e. The van der Waals surface area contributed by atoms with Crippen molar-refractivity contribution in [3.8, 4) is 22.3 Å². The van der Waals surface area contributed by atoms with Gasteiger partial charge in [0.05, 0.1) is 16.4 Å². The van der Waals surface area contributed by atoms with Gasteiger partial charge in [-0.05, 0) is 144 Å². The lowest BCUT2D eigenvalue weighted by molar-refractivity contribution is 0.345. The Kier molecular flexibility index (Phi) is 10.8. The summed E-state index contributed by atoms with van der Waals surface area (Å²) in [6, 6.07) is 101. The fraction of sp³-hybridized carbons (Fsp3) is 0.100. The lowest BCUT2D eigenvalue weighted by Crippen LogP contribution is -2.52. The highest BCUT2D eigenvalue weighted by Gasteiger charge is 2.59. The van der Waals surface area contributed by atoms with Crippen LogP contribution in [0.3, 0.4) is 0 Å². The van der Waals surface area contributed by atoms with Crippen LogP contribution in [0.15, 0.2) is 291 Å². The van der Waals surface area contributed by atoms with Gasteiger partial charge in [-0.2, -0.15) is 0 Å². The van der Waals surface area contributed by atoms with Gasteiger partial charge in [-0.15, -0.1) is 0 Å². The molecule has 2 nitrogen and oxygen atoms in total. The van der Waals surface area contributed by atoms with Crippen molar-refractivity contribution in [3.63, 3.8) is 0 Å². The lowest BCUT2D eigenvalue weighted by atomic mass is 9.50. The molecule has 2 N–H and O–H groups in total. The summed E-state index contributed by atoms with van der Waals surface area (Å²) in [5.41, 5.74) is 21.7. The molecule has 0 saturated carbocycles. The number of anilines is 2. The Morgan fingerprint density at radius 2 is 0.951 bits per heavy atom. The van der Waals surface area contributed by atoms with Gasteiger partial charge in [-0.25, -0.2) is 0 Å². The molecule has 390 valence electrons. The number of hydrogen-bond donors (Lipinski definition) is 2. The first-order valence-electron chi connectivity index (χ1n) is 29.1. The van der Waals surface area contributed by atoms with Crippen molar-refractivity contribution in [1.29, 1.82) is 0 Å². The van der Waals surface area contributed by atoms with E-state index in [4.69, 9.17) is 0 Å². The second-order valence-electron chi connectivity index (χ2n) is 23.4. The molecule has 0 saturated heterocycles. The van der Waals surface area contributed by atoms with Gasteiger partial charge in [0.15, 0.2) is 0 Å². The van der Waals surface area contributed by atoms with E-state index in [1.165, 1.54) is 121 Å². The Labute approximate surface area is 480 Å². The van der Waals surface area contributed by atoms with Crippen LogP contribution in [0.25, 0.3) is 49.9 Å². The third-order valence-corrected chi connectivity index (χ3v) is 19.2. The first kappa shape index (κ1) is 48.2. The molecule has 82 heavy (non-hydrogen) atoms. The highest BCUT2D eigenvalue weighted by Crippen LogP contribution is 2.65. The van der Waals surface area contributed by atoms with Gasteiger partial charge in [0.1, 0.15) is 0 Å². The summed E-state index contributed by atoms with van der Waals surface area (Å²) in [5, 5.41) is 14.8. The SMILES string of the molecule is Cc1cccc(C2(NC3=CC=CC(c4cccc(C)c4)(C4(c5ccccc5)c5ccccc5-c5ccccc54)C3)CC=c3ccc4c(Nc5cccc(C6(c7ccccc7)c7ccccc7-c7ccccc76)c5)ccc5ccc2c3c54)c1. The van der Waals surface area contributed by atoms with Gasteiger partial charge in [-0.3, -0.25) is 0 Å². The zero-order valence-electron chi connectivity index (χ0n) is 46.1. The van der Waals surface area contributed by atoms with E-state index in [1.807, 2.05) is 0 Å². The van der Waals surface area contributed by atoms with E-state index in [9.17, 15) is 0 Å².